The molecule has 0 aliphatic heterocycles. The van der Waals surface area contributed by atoms with E-state index in [1.54, 1.807) is 6.92 Å². The molecule has 346 valence electrons. The summed E-state index contributed by atoms with van der Waals surface area (Å²) >= 11 is 5.97. The Kier molecular flexibility index (Phi) is 21.7. The molecule has 1 aromatic heterocycles. The lowest BCUT2D eigenvalue weighted by molar-refractivity contribution is -0.130. The first-order valence-corrected chi connectivity index (χ1v) is 20.6. The Morgan fingerprint density at radius 3 is 1.84 bits per heavy atom. The molecular formula is C40H62ClN9O12. The Bertz CT molecular complexity index is 1890. The van der Waals surface area contributed by atoms with Gasteiger partial charge in [0.05, 0.1) is 37.2 Å². The van der Waals surface area contributed by atoms with Crippen molar-refractivity contribution in [2.24, 2.45) is 16.5 Å². The number of nitrogen functional groups attached to an aromatic ring is 1. The van der Waals surface area contributed by atoms with Crippen LogP contribution in [0.4, 0.5) is 5.82 Å². The van der Waals surface area contributed by atoms with Crippen molar-refractivity contribution in [3.05, 3.63) is 64.1 Å². The number of aliphatic hydroxyl groups excluding tert-OH is 10. The van der Waals surface area contributed by atoms with Gasteiger partial charge < -0.3 is 73.6 Å². The molecule has 21 nitrogen and oxygen atoms in total. The minimum Gasteiger partial charge on any atom is -0.394 e. The third-order valence-corrected chi connectivity index (χ3v) is 10.7. The molecule has 0 aliphatic rings. The molecule has 0 bridgehead atoms. The van der Waals surface area contributed by atoms with E-state index in [0.29, 0.717) is 31.5 Å². The maximum atomic E-state index is 12.5. The number of aromatic nitrogens is 2. The lowest BCUT2D eigenvalue weighted by Gasteiger charge is -2.33. The van der Waals surface area contributed by atoms with Crippen LogP contribution in [-0.2, 0) is 17.6 Å². The lowest BCUT2D eigenvalue weighted by Crippen LogP contribution is -2.53. The molecule has 0 aliphatic carbocycles. The summed E-state index contributed by atoms with van der Waals surface area (Å²) in [6.45, 7) is -0.358. The van der Waals surface area contributed by atoms with Gasteiger partial charge in [-0.1, -0.05) is 48.0 Å². The number of nitrogens with one attached hydrogen (secondary N) is 2. The van der Waals surface area contributed by atoms with E-state index in [1.165, 1.54) is 4.90 Å². The fourth-order valence-corrected chi connectivity index (χ4v) is 6.86. The molecule has 22 heteroatoms. The van der Waals surface area contributed by atoms with Crippen molar-refractivity contribution in [3.63, 3.8) is 0 Å². The van der Waals surface area contributed by atoms with Gasteiger partial charge in [0.2, 0.25) is 5.91 Å². The lowest BCUT2D eigenvalue weighted by atomic mass is 9.93. The molecule has 0 radical (unpaired) electrons. The number of guanidine groups is 1. The number of hydrogen-bond donors (Lipinski definition) is 15. The molecule has 1 heterocycles. The summed E-state index contributed by atoms with van der Waals surface area (Å²) in [5.41, 5.74) is 19.8. The van der Waals surface area contributed by atoms with Crippen molar-refractivity contribution < 1.29 is 60.7 Å². The highest BCUT2D eigenvalue weighted by Crippen LogP contribution is 2.26. The number of nitrogens with zero attached hydrogens (tertiary/aromatic N) is 4. The molecule has 0 fully saturated rings. The van der Waals surface area contributed by atoms with E-state index >= 15 is 0 Å². The average molecular weight is 896 g/mol. The third kappa shape index (κ3) is 15.6. The topological polar surface area (TPSA) is 380 Å². The number of carbonyl (C=O) groups is 2. The van der Waals surface area contributed by atoms with Crippen LogP contribution >= 0.6 is 11.6 Å². The van der Waals surface area contributed by atoms with Crippen LogP contribution < -0.4 is 27.8 Å². The maximum Gasteiger partial charge on any atom is 0.280 e. The van der Waals surface area contributed by atoms with E-state index in [4.69, 9.17) is 39.0 Å². The number of aryl methyl sites for hydroxylation is 3. The number of anilines is 1. The zero-order valence-corrected chi connectivity index (χ0v) is 35.3. The number of halogens is 1. The van der Waals surface area contributed by atoms with Crippen LogP contribution in [0.2, 0.25) is 5.15 Å². The summed E-state index contributed by atoms with van der Waals surface area (Å²) in [7, 11) is 0. The number of benzene rings is 2. The largest absolute Gasteiger partial charge is 0.394 e. The smallest absolute Gasteiger partial charge is 0.280 e. The van der Waals surface area contributed by atoms with Gasteiger partial charge in [-0.3, -0.25) is 24.8 Å². The molecule has 0 saturated carbocycles. The van der Waals surface area contributed by atoms with Crippen molar-refractivity contribution in [2.45, 2.75) is 100 Å². The fourth-order valence-electron chi connectivity index (χ4n) is 6.74. The third-order valence-electron chi connectivity index (χ3n) is 10.4. The number of primary amides is 1. The van der Waals surface area contributed by atoms with Crippen LogP contribution in [0.15, 0.2) is 41.4 Å². The summed E-state index contributed by atoms with van der Waals surface area (Å²) in [6, 6.07) is 11.2. The Hall–Kier alpha value is -4.20. The monoisotopic (exact) mass is 895 g/mol. The minimum absolute atomic E-state index is 0.0507. The highest BCUT2D eigenvalue weighted by molar-refractivity contribution is 6.30. The number of aliphatic hydroxyl groups is 10. The molecule has 9 atom stereocenters. The molecule has 3 rings (SSSR count). The number of aliphatic imine (C=N–C) groups is 1. The van der Waals surface area contributed by atoms with Gasteiger partial charge in [0.25, 0.3) is 5.91 Å². The number of amides is 2. The predicted molar refractivity (Wildman–Crippen MR) is 230 cm³/mol. The van der Waals surface area contributed by atoms with Gasteiger partial charge in [0, 0.05) is 19.6 Å². The zero-order chi connectivity index (χ0) is 46.1. The number of nitrogens with two attached hydrogens (primary N) is 3. The maximum absolute atomic E-state index is 12.5. The highest BCUT2D eigenvalue weighted by Gasteiger charge is 2.34. The number of unbranched alkanes of at least 4 members (excludes halogenated alkanes) is 1. The normalized spacial score (nSPS) is 16.6. The van der Waals surface area contributed by atoms with Crippen LogP contribution in [0.3, 0.4) is 0 Å². The summed E-state index contributed by atoms with van der Waals surface area (Å²) in [6.07, 6.45) is -11.3. The molecular weight excluding hydrogens is 834 g/mol. The van der Waals surface area contributed by atoms with E-state index in [0.717, 1.165) is 34.7 Å². The predicted octanol–water partition coefficient (Wildman–Crippen LogP) is -3.82. The highest BCUT2D eigenvalue weighted by atomic mass is 35.5. The van der Waals surface area contributed by atoms with Crippen molar-refractivity contribution in [2.75, 3.05) is 51.7 Å². The molecule has 2 amide bonds. The number of hydrogen-bond acceptors (Lipinski definition) is 18. The Labute approximate surface area is 363 Å². The Morgan fingerprint density at radius 1 is 0.774 bits per heavy atom. The van der Waals surface area contributed by atoms with E-state index in [9.17, 15) is 50.4 Å². The first kappa shape index (κ1) is 52.1. The summed E-state index contributed by atoms with van der Waals surface area (Å²) in [5.74, 6) is -1.44. The van der Waals surface area contributed by atoms with Crippen LogP contribution in [0.5, 0.6) is 0 Å². The first-order valence-electron chi connectivity index (χ1n) is 20.2. The van der Waals surface area contributed by atoms with Gasteiger partial charge in [-0.25, -0.2) is 9.97 Å². The molecule has 3 aromatic rings. The summed E-state index contributed by atoms with van der Waals surface area (Å²) in [5, 5.41) is 107. The van der Waals surface area contributed by atoms with E-state index in [1.807, 2.05) is 36.4 Å². The van der Waals surface area contributed by atoms with Gasteiger partial charge >= 0.3 is 0 Å². The fraction of sp³-hybridized carbons (Fsp3) is 0.575. The van der Waals surface area contributed by atoms with E-state index in [2.05, 4.69) is 25.6 Å². The molecule has 0 saturated heterocycles. The molecule has 0 spiro atoms. The van der Waals surface area contributed by atoms with Crippen LogP contribution in [-0.4, -0.2) is 185 Å². The van der Waals surface area contributed by atoms with Crippen molar-refractivity contribution in [3.8, 4) is 0 Å². The first-order chi connectivity index (χ1) is 29.4. The van der Waals surface area contributed by atoms with Crippen LogP contribution in [0.1, 0.15) is 53.0 Å². The number of rotatable bonds is 27. The van der Waals surface area contributed by atoms with Crippen molar-refractivity contribution in [1.82, 2.24) is 25.5 Å². The molecule has 2 aromatic carbocycles. The van der Waals surface area contributed by atoms with E-state index in [-0.39, 0.29) is 42.1 Å². The molecule has 0 unspecified atom stereocenters. The second-order valence-electron chi connectivity index (χ2n) is 15.1. The summed E-state index contributed by atoms with van der Waals surface area (Å²) < 4.78 is 0. The standard InChI is InChI=1S/C40H62ClN9O12/c1-21-36(41)48-31(37(42)47-21)39(62)49-40(44)46-14-5-4-7-22-10-11-23(25-9-3-2-8-24(22)25)12-13-26(38(43)61)45-15-6-16-50(17-27(53)32(57)34(59)29(55)19-51)18-28(54)33(58)35(60)30(56)20-52/h2-3,8-11,26-30,32-35,45,51-60H,4-7,12-20H2,1H3,(H2,42,47)(H2,43,61)(H3,44,46,49,62)/t26-,27-,28-,29+,30+,32+,33+,34+,35+/m0/s1. The molecule has 18 N–H and O–H groups in total. The quantitative estimate of drug-likeness (QED) is 0.0198. The SMILES string of the molecule is Cc1nc(N)c(C(=O)NC(N)=NCCCCc2ccc(CC[C@H](NCCCN(C[C@H](O)[C@@H](O)[C@H](O)[C@H](O)CO)C[C@H](O)[C@@H](O)[C@H](O)[C@H](O)CO)C(N)=O)c3ccccc23)nc1Cl. The van der Waals surface area contributed by atoms with Gasteiger partial charge in [0.15, 0.2) is 22.6 Å². The average Bonchev–Trinajstić information content (AvgIpc) is 3.25. The minimum atomic E-state index is -1.91. The summed E-state index contributed by atoms with van der Waals surface area (Å²) in [4.78, 5) is 38.6. The van der Waals surface area contributed by atoms with E-state index < -0.39 is 93.0 Å². The second-order valence-corrected chi connectivity index (χ2v) is 15.5. The van der Waals surface area contributed by atoms with Gasteiger partial charge in [-0.05, 0) is 80.4 Å². The number of carbonyl (C=O) groups excluding carboxylic acids is 2. The van der Waals surface area contributed by atoms with Crippen molar-refractivity contribution in [1.29, 1.82) is 0 Å². The Balaban J connectivity index is 1.57. The molecule has 62 heavy (non-hydrogen) atoms. The van der Waals surface area contributed by atoms with Crippen LogP contribution in [0, 0.1) is 6.92 Å². The van der Waals surface area contributed by atoms with Crippen molar-refractivity contribution >= 4 is 46.0 Å². The second kappa shape index (κ2) is 25.8. The van der Waals surface area contributed by atoms with Gasteiger partial charge in [-0.2, -0.15) is 0 Å². The Morgan fingerprint density at radius 2 is 1.31 bits per heavy atom. The number of fused-ring (bicyclic) bond motifs is 1. The van der Waals surface area contributed by atoms with Gasteiger partial charge in [-0.15, -0.1) is 0 Å². The van der Waals surface area contributed by atoms with Gasteiger partial charge in [0.1, 0.15) is 36.6 Å². The van der Waals surface area contributed by atoms with Crippen LogP contribution in [0.25, 0.3) is 10.8 Å². The zero-order valence-electron chi connectivity index (χ0n) is 34.5.